The number of primary amides is 1. The van der Waals surface area contributed by atoms with Gasteiger partial charge in [-0.25, -0.2) is 4.98 Å². The third kappa shape index (κ3) is 2.91. The number of alkyl halides is 3. The highest BCUT2D eigenvalue weighted by molar-refractivity contribution is 5.98. The number of nitrogens with two attached hydrogens (primary N) is 2. The number of anilines is 1. The first kappa shape index (κ1) is 17.1. The van der Waals surface area contributed by atoms with E-state index >= 15 is 0 Å². The second-order valence-electron chi connectivity index (χ2n) is 6.42. The lowest BCUT2D eigenvalue weighted by molar-refractivity contribution is -0.137. The fourth-order valence-corrected chi connectivity index (χ4v) is 3.38. The Hall–Kier alpha value is -3.35. The molecule has 136 valence electrons. The third-order valence-electron chi connectivity index (χ3n) is 4.63. The Bertz CT molecular complexity index is 1090. The Morgan fingerprint density at radius 3 is 2.56 bits per heavy atom. The molecule has 0 aliphatic heterocycles. The van der Waals surface area contributed by atoms with Crippen LogP contribution in [0.3, 0.4) is 0 Å². The largest absolute Gasteiger partial charge is 0.416 e. The number of pyridine rings is 1. The Balaban J connectivity index is 1.93. The maximum absolute atomic E-state index is 13.0. The van der Waals surface area contributed by atoms with Crippen molar-refractivity contribution in [1.82, 2.24) is 4.98 Å². The smallest absolute Gasteiger partial charge is 0.399 e. The van der Waals surface area contributed by atoms with Crippen molar-refractivity contribution in [2.75, 3.05) is 5.73 Å². The van der Waals surface area contributed by atoms with Gasteiger partial charge in [0, 0.05) is 28.8 Å². The zero-order valence-corrected chi connectivity index (χ0v) is 14.0. The van der Waals surface area contributed by atoms with Crippen molar-refractivity contribution in [1.29, 1.82) is 0 Å². The molecule has 1 aliphatic rings. The van der Waals surface area contributed by atoms with E-state index in [2.05, 4.69) is 4.98 Å². The number of fused-ring (bicyclic) bond motifs is 3. The summed E-state index contributed by atoms with van der Waals surface area (Å²) in [6.07, 6.45) is -4.02. The molecule has 0 spiro atoms. The van der Waals surface area contributed by atoms with Gasteiger partial charge in [-0.2, -0.15) is 13.2 Å². The normalized spacial score (nSPS) is 12.6. The van der Waals surface area contributed by atoms with E-state index in [0.29, 0.717) is 23.4 Å². The molecule has 1 aromatic heterocycles. The second-order valence-corrected chi connectivity index (χ2v) is 6.42. The summed E-state index contributed by atoms with van der Waals surface area (Å²) in [5, 5.41) is 0. The van der Waals surface area contributed by atoms with Crippen LogP contribution in [0.25, 0.3) is 22.5 Å². The van der Waals surface area contributed by atoms with Crippen molar-refractivity contribution in [3.63, 3.8) is 0 Å². The minimum absolute atomic E-state index is 0.252. The summed E-state index contributed by atoms with van der Waals surface area (Å²) >= 11 is 0. The lowest BCUT2D eigenvalue weighted by Gasteiger charge is -2.11. The maximum atomic E-state index is 13.0. The number of aromatic nitrogens is 1. The SMILES string of the molecule is NC(=O)c1cc(-c2cccc(C(F)(F)F)c2)nc2c1Cc1cc(N)ccc1-2. The van der Waals surface area contributed by atoms with Crippen molar-refractivity contribution in [2.24, 2.45) is 5.73 Å². The summed E-state index contributed by atoms with van der Waals surface area (Å²) in [4.78, 5) is 16.5. The molecule has 0 unspecified atom stereocenters. The molecule has 1 amide bonds. The van der Waals surface area contributed by atoms with Crippen LogP contribution in [-0.4, -0.2) is 10.9 Å². The number of rotatable bonds is 2. The summed E-state index contributed by atoms with van der Waals surface area (Å²) in [5.41, 5.74) is 14.8. The van der Waals surface area contributed by atoms with E-state index in [9.17, 15) is 18.0 Å². The minimum Gasteiger partial charge on any atom is -0.399 e. The highest BCUT2D eigenvalue weighted by atomic mass is 19.4. The van der Waals surface area contributed by atoms with Gasteiger partial charge in [-0.05, 0) is 41.5 Å². The van der Waals surface area contributed by atoms with Crippen LogP contribution < -0.4 is 11.5 Å². The van der Waals surface area contributed by atoms with Crippen molar-refractivity contribution in [3.05, 3.63) is 70.8 Å². The highest BCUT2D eigenvalue weighted by Crippen LogP contribution is 2.40. The molecular formula is C20H14F3N3O. The van der Waals surface area contributed by atoms with Crippen LogP contribution in [0.2, 0.25) is 0 Å². The Morgan fingerprint density at radius 1 is 1.07 bits per heavy atom. The molecule has 0 fully saturated rings. The van der Waals surface area contributed by atoms with Crippen LogP contribution in [0.15, 0.2) is 48.5 Å². The van der Waals surface area contributed by atoms with Gasteiger partial charge in [0.2, 0.25) is 5.91 Å². The van der Waals surface area contributed by atoms with Crippen LogP contribution in [0.4, 0.5) is 18.9 Å². The summed E-state index contributed by atoms with van der Waals surface area (Å²) in [5.74, 6) is -0.650. The van der Waals surface area contributed by atoms with Gasteiger partial charge in [0.15, 0.2) is 0 Å². The summed E-state index contributed by atoms with van der Waals surface area (Å²) in [7, 11) is 0. The van der Waals surface area contributed by atoms with E-state index < -0.39 is 17.6 Å². The molecule has 0 atom stereocenters. The van der Waals surface area contributed by atoms with Gasteiger partial charge in [0.1, 0.15) is 0 Å². The summed E-state index contributed by atoms with van der Waals surface area (Å²) in [6.45, 7) is 0. The van der Waals surface area contributed by atoms with E-state index in [-0.39, 0.29) is 16.8 Å². The van der Waals surface area contributed by atoms with Crippen LogP contribution in [0.5, 0.6) is 0 Å². The summed E-state index contributed by atoms with van der Waals surface area (Å²) < 4.78 is 39.1. The van der Waals surface area contributed by atoms with Crippen LogP contribution in [-0.2, 0) is 12.6 Å². The number of benzene rings is 2. The topological polar surface area (TPSA) is 82.0 Å². The average molecular weight is 369 g/mol. The van der Waals surface area contributed by atoms with E-state index in [1.807, 2.05) is 0 Å². The molecule has 4 nitrogen and oxygen atoms in total. The number of nitrogen functional groups attached to an aromatic ring is 1. The van der Waals surface area contributed by atoms with Crippen molar-refractivity contribution < 1.29 is 18.0 Å². The quantitative estimate of drug-likeness (QED) is 0.524. The number of carbonyl (C=O) groups is 1. The number of nitrogens with zero attached hydrogens (tertiary/aromatic N) is 1. The molecule has 3 aromatic rings. The molecule has 7 heteroatoms. The van der Waals surface area contributed by atoms with Crippen molar-refractivity contribution >= 4 is 11.6 Å². The average Bonchev–Trinajstić information content (AvgIpc) is 2.97. The van der Waals surface area contributed by atoms with Gasteiger partial charge in [0.05, 0.1) is 17.0 Å². The summed E-state index contributed by atoms with van der Waals surface area (Å²) in [6, 6.07) is 11.6. The maximum Gasteiger partial charge on any atom is 0.416 e. The molecule has 4 rings (SSSR count). The van der Waals surface area contributed by atoms with Crippen LogP contribution in [0, 0.1) is 0 Å². The van der Waals surface area contributed by atoms with Gasteiger partial charge in [-0.15, -0.1) is 0 Å². The minimum atomic E-state index is -4.47. The lowest BCUT2D eigenvalue weighted by Crippen LogP contribution is -2.14. The molecule has 0 saturated heterocycles. The first-order valence-electron chi connectivity index (χ1n) is 8.14. The van der Waals surface area contributed by atoms with Crippen molar-refractivity contribution in [2.45, 2.75) is 12.6 Å². The Labute approximate surface area is 152 Å². The monoisotopic (exact) mass is 369 g/mol. The van der Waals surface area contributed by atoms with E-state index in [0.717, 1.165) is 23.3 Å². The van der Waals surface area contributed by atoms with Gasteiger partial charge in [0.25, 0.3) is 0 Å². The van der Waals surface area contributed by atoms with E-state index in [1.54, 1.807) is 18.2 Å². The number of halogens is 3. The van der Waals surface area contributed by atoms with Crippen molar-refractivity contribution in [3.8, 4) is 22.5 Å². The lowest BCUT2D eigenvalue weighted by atomic mass is 10.0. The zero-order valence-electron chi connectivity index (χ0n) is 14.0. The fraction of sp³-hybridized carbons (Fsp3) is 0.100. The fourth-order valence-electron chi connectivity index (χ4n) is 3.38. The third-order valence-corrected chi connectivity index (χ3v) is 4.63. The molecule has 2 aromatic carbocycles. The Morgan fingerprint density at radius 2 is 1.85 bits per heavy atom. The molecule has 27 heavy (non-hydrogen) atoms. The number of hydrogen-bond acceptors (Lipinski definition) is 3. The second kappa shape index (κ2) is 5.84. The standard InChI is InChI=1S/C20H14F3N3O/c21-20(22,23)12-3-1-2-10(6-12)17-9-16(19(25)27)15-8-11-7-13(24)4-5-14(11)18(15)26-17/h1-7,9H,8,24H2,(H2,25,27). The van der Waals surface area contributed by atoms with Crippen LogP contribution >= 0.6 is 0 Å². The predicted octanol–water partition coefficient (Wildman–Crippen LogP) is 4.02. The first-order valence-corrected chi connectivity index (χ1v) is 8.14. The number of amides is 1. The highest BCUT2D eigenvalue weighted by Gasteiger charge is 2.31. The van der Waals surface area contributed by atoms with E-state index in [4.69, 9.17) is 11.5 Å². The molecule has 1 aliphatic carbocycles. The van der Waals surface area contributed by atoms with Crippen LogP contribution in [0.1, 0.15) is 27.0 Å². The van der Waals surface area contributed by atoms with Gasteiger partial charge in [-0.1, -0.05) is 18.2 Å². The molecule has 0 bridgehead atoms. The molecule has 0 radical (unpaired) electrons. The number of hydrogen-bond donors (Lipinski definition) is 2. The molecule has 0 saturated carbocycles. The molecule has 4 N–H and O–H groups in total. The number of carbonyl (C=O) groups excluding carboxylic acids is 1. The van der Waals surface area contributed by atoms with Gasteiger partial charge < -0.3 is 11.5 Å². The Kier molecular flexibility index (Phi) is 3.69. The zero-order chi connectivity index (χ0) is 19.3. The molecule has 1 heterocycles. The van der Waals surface area contributed by atoms with Gasteiger partial charge >= 0.3 is 6.18 Å². The van der Waals surface area contributed by atoms with Gasteiger partial charge in [-0.3, -0.25) is 4.79 Å². The predicted molar refractivity (Wildman–Crippen MR) is 95.8 cm³/mol. The molecular weight excluding hydrogens is 355 g/mol. The first-order chi connectivity index (χ1) is 12.7. The van der Waals surface area contributed by atoms with E-state index in [1.165, 1.54) is 18.2 Å².